The molecule has 0 saturated carbocycles. The molecule has 0 radical (unpaired) electrons. The predicted octanol–water partition coefficient (Wildman–Crippen LogP) is 3.27. The first kappa shape index (κ1) is 14.2. The topological polar surface area (TPSA) is 67.1 Å². The Morgan fingerprint density at radius 1 is 0.880 bits per heavy atom. The molecule has 0 amide bonds. The van der Waals surface area contributed by atoms with E-state index in [1.807, 2.05) is 18.2 Å². The van der Waals surface area contributed by atoms with E-state index in [1.54, 1.807) is 19.1 Å². The summed E-state index contributed by atoms with van der Waals surface area (Å²) >= 11 is 0. The summed E-state index contributed by atoms with van der Waals surface area (Å²) in [6.45, 7) is 2.91. The van der Waals surface area contributed by atoms with Crippen molar-refractivity contribution >= 4 is 11.0 Å². The molecule has 0 fully saturated rings. The summed E-state index contributed by atoms with van der Waals surface area (Å²) < 4.78 is 27.9. The highest BCUT2D eigenvalue weighted by Crippen LogP contribution is 2.40. The molecule has 0 unspecified atom stereocenters. The maximum Gasteiger partial charge on any atom is 0.231 e. The van der Waals surface area contributed by atoms with Gasteiger partial charge in [-0.2, -0.15) is 0 Å². The van der Waals surface area contributed by atoms with Crippen LogP contribution in [0.3, 0.4) is 0 Å². The molecular formula is C19H14O6. The summed E-state index contributed by atoms with van der Waals surface area (Å²) in [6.07, 6.45) is 0. The van der Waals surface area contributed by atoms with Gasteiger partial charge in [0.05, 0.1) is 10.9 Å². The van der Waals surface area contributed by atoms with Gasteiger partial charge in [0.15, 0.2) is 22.8 Å². The van der Waals surface area contributed by atoms with E-state index in [2.05, 4.69) is 0 Å². The van der Waals surface area contributed by atoms with Crippen LogP contribution in [-0.4, -0.2) is 20.0 Å². The van der Waals surface area contributed by atoms with E-state index in [4.69, 9.17) is 23.4 Å². The molecule has 2 aliphatic rings. The van der Waals surface area contributed by atoms with E-state index in [1.165, 1.54) is 0 Å². The first-order valence-electron chi connectivity index (χ1n) is 7.98. The molecule has 2 aliphatic heterocycles. The van der Waals surface area contributed by atoms with Crippen LogP contribution >= 0.6 is 0 Å². The maximum absolute atomic E-state index is 13.1. The van der Waals surface area contributed by atoms with Gasteiger partial charge in [0.25, 0.3) is 0 Å². The first-order valence-corrected chi connectivity index (χ1v) is 7.98. The Morgan fingerprint density at radius 3 is 2.56 bits per heavy atom. The van der Waals surface area contributed by atoms with Crippen LogP contribution in [0.25, 0.3) is 22.1 Å². The van der Waals surface area contributed by atoms with E-state index >= 15 is 0 Å². The van der Waals surface area contributed by atoms with Crippen molar-refractivity contribution in [2.45, 2.75) is 6.92 Å². The molecular weight excluding hydrogens is 324 g/mol. The molecule has 0 atom stereocenters. The van der Waals surface area contributed by atoms with E-state index in [0.29, 0.717) is 58.5 Å². The van der Waals surface area contributed by atoms with Crippen LogP contribution in [0.4, 0.5) is 0 Å². The normalized spacial score (nSPS) is 14.8. The van der Waals surface area contributed by atoms with Crippen LogP contribution in [0.1, 0.15) is 5.76 Å². The number of ether oxygens (including phenoxy) is 4. The monoisotopic (exact) mass is 338 g/mol. The molecule has 6 heteroatoms. The molecule has 2 aromatic carbocycles. The average molecular weight is 338 g/mol. The van der Waals surface area contributed by atoms with Crippen molar-refractivity contribution in [2.24, 2.45) is 0 Å². The number of rotatable bonds is 1. The van der Waals surface area contributed by atoms with Gasteiger partial charge in [-0.25, -0.2) is 0 Å². The Hall–Kier alpha value is -3.15. The number of hydrogen-bond donors (Lipinski definition) is 0. The van der Waals surface area contributed by atoms with Gasteiger partial charge in [-0.1, -0.05) is 6.07 Å². The molecule has 3 aromatic rings. The maximum atomic E-state index is 13.1. The van der Waals surface area contributed by atoms with Crippen molar-refractivity contribution in [1.82, 2.24) is 0 Å². The largest absolute Gasteiger partial charge is 0.486 e. The minimum atomic E-state index is -0.117. The quantitative estimate of drug-likeness (QED) is 0.678. The Balaban J connectivity index is 1.75. The highest BCUT2D eigenvalue weighted by atomic mass is 16.7. The molecule has 25 heavy (non-hydrogen) atoms. The van der Waals surface area contributed by atoms with E-state index in [9.17, 15) is 4.79 Å². The Kier molecular flexibility index (Phi) is 2.94. The van der Waals surface area contributed by atoms with E-state index < -0.39 is 0 Å². The van der Waals surface area contributed by atoms with Crippen molar-refractivity contribution < 1.29 is 23.4 Å². The standard InChI is InChI=1S/C19H14O6/c1-10-16(11-2-4-13-15(8-11)22-7-6-21-13)17(20)12-3-5-14-19(18(12)25-10)24-9-23-14/h2-5,8H,6-7,9H2,1H3. The van der Waals surface area contributed by atoms with E-state index in [0.717, 1.165) is 5.56 Å². The van der Waals surface area contributed by atoms with Gasteiger partial charge < -0.3 is 23.4 Å². The van der Waals surface area contributed by atoms with Crippen molar-refractivity contribution in [3.8, 4) is 34.1 Å². The predicted molar refractivity (Wildman–Crippen MR) is 89.8 cm³/mol. The summed E-state index contributed by atoms with van der Waals surface area (Å²) in [7, 11) is 0. The van der Waals surface area contributed by atoms with Gasteiger partial charge in [-0.05, 0) is 36.8 Å². The summed E-state index contributed by atoms with van der Waals surface area (Å²) in [5.41, 5.74) is 1.53. The summed E-state index contributed by atoms with van der Waals surface area (Å²) in [6, 6.07) is 8.89. The molecule has 126 valence electrons. The third kappa shape index (κ3) is 2.07. The van der Waals surface area contributed by atoms with Gasteiger partial charge in [0.2, 0.25) is 18.0 Å². The van der Waals surface area contributed by atoms with Gasteiger partial charge in [-0.15, -0.1) is 0 Å². The summed E-state index contributed by atoms with van der Waals surface area (Å²) in [5.74, 6) is 2.89. The Morgan fingerprint density at radius 2 is 1.68 bits per heavy atom. The molecule has 3 heterocycles. The van der Waals surface area contributed by atoms with Gasteiger partial charge in [-0.3, -0.25) is 4.79 Å². The number of hydrogen-bond acceptors (Lipinski definition) is 6. The first-order chi connectivity index (χ1) is 12.2. The average Bonchev–Trinajstić information content (AvgIpc) is 3.11. The summed E-state index contributed by atoms with van der Waals surface area (Å²) in [4.78, 5) is 13.1. The lowest BCUT2D eigenvalue weighted by Crippen LogP contribution is -2.15. The third-order valence-corrected chi connectivity index (χ3v) is 4.40. The lowest BCUT2D eigenvalue weighted by Gasteiger charge is -2.19. The number of benzene rings is 2. The SMILES string of the molecule is Cc1oc2c3c(ccc2c(=O)c1-c1ccc2c(c1)OCCO2)OCO3. The zero-order chi connectivity index (χ0) is 17.0. The molecule has 0 N–H and O–H groups in total. The molecule has 0 spiro atoms. The molecule has 0 bridgehead atoms. The fourth-order valence-corrected chi connectivity index (χ4v) is 3.26. The van der Waals surface area contributed by atoms with Gasteiger partial charge >= 0.3 is 0 Å². The van der Waals surface area contributed by atoms with E-state index in [-0.39, 0.29) is 12.2 Å². The zero-order valence-corrected chi connectivity index (χ0v) is 13.5. The minimum absolute atomic E-state index is 0.117. The molecule has 6 nitrogen and oxygen atoms in total. The minimum Gasteiger partial charge on any atom is -0.486 e. The highest BCUT2D eigenvalue weighted by Gasteiger charge is 2.23. The van der Waals surface area contributed by atoms with Crippen molar-refractivity contribution in [1.29, 1.82) is 0 Å². The zero-order valence-electron chi connectivity index (χ0n) is 13.5. The fraction of sp³-hybridized carbons (Fsp3) is 0.211. The van der Waals surface area contributed by atoms with Crippen molar-refractivity contribution in [3.63, 3.8) is 0 Å². The lowest BCUT2D eigenvalue weighted by molar-refractivity contribution is 0.171. The second-order valence-electron chi connectivity index (χ2n) is 5.90. The Labute approximate surface area is 142 Å². The lowest BCUT2D eigenvalue weighted by atomic mass is 10.0. The fourth-order valence-electron chi connectivity index (χ4n) is 3.26. The van der Waals surface area contributed by atoms with Gasteiger partial charge in [0.1, 0.15) is 19.0 Å². The van der Waals surface area contributed by atoms with Crippen LogP contribution in [0.2, 0.25) is 0 Å². The van der Waals surface area contributed by atoms with Crippen LogP contribution in [0.5, 0.6) is 23.0 Å². The number of aryl methyl sites for hydroxylation is 1. The summed E-state index contributed by atoms with van der Waals surface area (Å²) in [5, 5.41) is 0.458. The van der Waals surface area contributed by atoms with Crippen LogP contribution in [0, 0.1) is 6.92 Å². The second kappa shape index (κ2) is 5.17. The molecule has 0 saturated heterocycles. The molecule has 0 aliphatic carbocycles. The molecule has 1 aromatic heterocycles. The third-order valence-electron chi connectivity index (χ3n) is 4.40. The van der Waals surface area contributed by atoms with Crippen LogP contribution in [0.15, 0.2) is 39.5 Å². The van der Waals surface area contributed by atoms with Gasteiger partial charge in [0, 0.05) is 0 Å². The smallest absolute Gasteiger partial charge is 0.231 e. The number of fused-ring (bicyclic) bond motifs is 4. The second-order valence-corrected chi connectivity index (χ2v) is 5.90. The van der Waals surface area contributed by atoms with Crippen LogP contribution < -0.4 is 24.4 Å². The van der Waals surface area contributed by atoms with Crippen molar-refractivity contribution in [2.75, 3.05) is 20.0 Å². The van der Waals surface area contributed by atoms with Crippen LogP contribution in [-0.2, 0) is 0 Å². The highest BCUT2D eigenvalue weighted by molar-refractivity contribution is 5.89. The molecule has 5 rings (SSSR count). The van der Waals surface area contributed by atoms with Crippen molar-refractivity contribution in [3.05, 3.63) is 46.3 Å². The Bertz CT molecular complexity index is 1070.